The van der Waals surface area contributed by atoms with Crippen LogP contribution in [-0.4, -0.2) is 22.5 Å². The van der Waals surface area contributed by atoms with Crippen LogP contribution in [0, 0.1) is 0 Å². The van der Waals surface area contributed by atoms with Crippen LogP contribution in [0.2, 0.25) is 5.02 Å². The number of phenols is 1. The van der Waals surface area contributed by atoms with Gasteiger partial charge < -0.3 is 5.11 Å². The van der Waals surface area contributed by atoms with Crippen LogP contribution in [0.25, 0.3) is 11.3 Å². The lowest BCUT2D eigenvalue weighted by molar-refractivity contribution is 0.475. The van der Waals surface area contributed by atoms with Crippen LogP contribution in [0.1, 0.15) is 18.9 Å². The number of hydrogen-bond donors (Lipinski definition) is 1. The van der Waals surface area contributed by atoms with Crippen molar-refractivity contribution in [1.29, 1.82) is 0 Å². The predicted octanol–water partition coefficient (Wildman–Crippen LogP) is 4.77. The molecule has 1 heterocycles. The first kappa shape index (κ1) is 17.5. The number of phenolic OH excluding ortho intramolecular Hbond substituents is 1. The zero-order chi connectivity index (χ0) is 17.8. The van der Waals surface area contributed by atoms with Gasteiger partial charge in [0.15, 0.2) is 0 Å². The van der Waals surface area contributed by atoms with Crippen molar-refractivity contribution in [2.75, 3.05) is 7.05 Å². The van der Waals surface area contributed by atoms with Gasteiger partial charge >= 0.3 is 0 Å². The molecule has 2 aromatic carbocycles. The predicted molar refractivity (Wildman–Crippen MR) is 105 cm³/mol. The Hall–Kier alpha value is -2.37. The molecule has 128 valence electrons. The molecule has 4 nitrogen and oxygen atoms in total. The van der Waals surface area contributed by atoms with E-state index in [1.54, 1.807) is 30.5 Å². The Bertz CT molecular complexity index is 954. The van der Waals surface area contributed by atoms with Gasteiger partial charge in [-0.05, 0) is 48.4 Å². The van der Waals surface area contributed by atoms with Gasteiger partial charge in [0.05, 0.1) is 11.4 Å². The molecule has 0 radical (unpaired) electrons. The minimum absolute atomic E-state index is 0.244. The molecule has 0 unspecified atom stereocenters. The molecular weight excluding hydrogens is 354 g/mol. The van der Waals surface area contributed by atoms with Gasteiger partial charge in [-0.2, -0.15) is 5.10 Å². The minimum atomic E-state index is 0.244. The Morgan fingerprint density at radius 2 is 1.80 bits per heavy atom. The summed E-state index contributed by atoms with van der Waals surface area (Å²) in [5.41, 5.74) is 3.89. The fourth-order valence-corrected chi connectivity index (χ4v) is 3.40. The first-order chi connectivity index (χ1) is 12.1. The zero-order valence-electron chi connectivity index (χ0n) is 14.0. The molecule has 3 aromatic rings. The van der Waals surface area contributed by atoms with Gasteiger partial charge in [0.25, 0.3) is 0 Å². The number of nitrogens with zero attached hydrogens (tertiary/aromatic N) is 3. The van der Waals surface area contributed by atoms with E-state index in [0.29, 0.717) is 5.02 Å². The van der Waals surface area contributed by atoms with Gasteiger partial charge in [-0.25, -0.2) is 4.68 Å². The molecule has 0 spiro atoms. The van der Waals surface area contributed by atoms with Crippen molar-refractivity contribution in [3.63, 3.8) is 0 Å². The van der Waals surface area contributed by atoms with E-state index in [0.717, 1.165) is 33.8 Å². The molecule has 0 aliphatic carbocycles. The summed E-state index contributed by atoms with van der Waals surface area (Å²) in [7, 11) is 1.76. The van der Waals surface area contributed by atoms with Gasteiger partial charge in [0.1, 0.15) is 5.75 Å². The first-order valence-corrected chi connectivity index (χ1v) is 9.14. The van der Waals surface area contributed by atoms with E-state index in [1.165, 1.54) is 0 Å². The van der Waals surface area contributed by atoms with Crippen molar-refractivity contribution in [3.8, 4) is 17.0 Å². The number of hydrogen-bond acceptors (Lipinski definition) is 4. The number of halogens is 1. The normalized spacial score (nSPS) is 12.6. The Labute approximate surface area is 155 Å². The second-order valence-corrected chi connectivity index (χ2v) is 6.67. The van der Waals surface area contributed by atoms with Gasteiger partial charge in [-0.15, -0.1) is 11.3 Å². The number of aromatic hydroxyl groups is 1. The van der Waals surface area contributed by atoms with E-state index in [2.05, 4.69) is 11.9 Å². The highest BCUT2D eigenvalue weighted by Crippen LogP contribution is 2.23. The van der Waals surface area contributed by atoms with Crippen LogP contribution in [0.5, 0.6) is 5.75 Å². The fourth-order valence-electron chi connectivity index (χ4n) is 2.47. The van der Waals surface area contributed by atoms with E-state index in [-0.39, 0.29) is 5.75 Å². The van der Waals surface area contributed by atoms with Gasteiger partial charge in [-0.3, -0.25) is 4.99 Å². The van der Waals surface area contributed by atoms with Crippen LogP contribution in [0.4, 0.5) is 0 Å². The molecule has 3 rings (SSSR count). The molecule has 1 N–H and O–H groups in total. The fraction of sp³-hybridized carbons (Fsp3) is 0.158. The molecule has 0 aliphatic heterocycles. The highest BCUT2D eigenvalue weighted by Gasteiger charge is 2.09. The van der Waals surface area contributed by atoms with E-state index in [9.17, 15) is 5.11 Å². The quantitative estimate of drug-likeness (QED) is 0.660. The van der Waals surface area contributed by atoms with Crippen molar-refractivity contribution < 1.29 is 5.11 Å². The topological polar surface area (TPSA) is 49.9 Å². The highest BCUT2D eigenvalue weighted by atomic mass is 35.5. The van der Waals surface area contributed by atoms with Crippen molar-refractivity contribution in [2.24, 2.45) is 10.1 Å². The first-order valence-electron chi connectivity index (χ1n) is 7.89. The molecule has 0 saturated heterocycles. The van der Waals surface area contributed by atoms with E-state index < -0.39 is 0 Å². The summed E-state index contributed by atoms with van der Waals surface area (Å²) in [6.07, 6.45) is 0.761. The summed E-state index contributed by atoms with van der Waals surface area (Å²) in [6.45, 7) is 2.06. The molecule has 25 heavy (non-hydrogen) atoms. The summed E-state index contributed by atoms with van der Waals surface area (Å²) in [6, 6.07) is 14.8. The molecule has 0 saturated carbocycles. The summed E-state index contributed by atoms with van der Waals surface area (Å²) < 4.78 is 1.86. The van der Waals surface area contributed by atoms with Crippen molar-refractivity contribution >= 4 is 28.6 Å². The van der Waals surface area contributed by atoms with Crippen LogP contribution in [0.3, 0.4) is 0 Å². The molecule has 0 amide bonds. The molecule has 6 heteroatoms. The van der Waals surface area contributed by atoms with Gasteiger partial charge in [0.2, 0.25) is 4.80 Å². The minimum Gasteiger partial charge on any atom is -0.508 e. The van der Waals surface area contributed by atoms with E-state index in [1.807, 2.05) is 46.5 Å². The third-order valence-corrected chi connectivity index (χ3v) is 4.93. The maximum atomic E-state index is 9.50. The Balaban J connectivity index is 2.13. The van der Waals surface area contributed by atoms with Crippen LogP contribution in [0.15, 0.2) is 64.0 Å². The maximum absolute atomic E-state index is 9.50. The van der Waals surface area contributed by atoms with Crippen LogP contribution in [-0.2, 0) is 0 Å². The number of benzene rings is 2. The second-order valence-electron chi connectivity index (χ2n) is 5.39. The van der Waals surface area contributed by atoms with E-state index >= 15 is 0 Å². The Morgan fingerprint density at radius 1 is 1.12 bits per heavy atom. The van der Waals surface area contributed by atoms with Crippen LogP contribution < -0.4 is 4.80 Å². The molecule has 1 aromatic heterocycles. The Kier molecular flexibility index (Phi) is 5.36. The van der Waals surface area contributed by atoms with Gasteiger partial charge in [-0.1, -0.05) is 30.7 Å². The smallest absolute Gasteiger partial charge is 0.205 e. The lowest BCUT2D eigenvalue weighted by Gasteiger charge is -2.08. The Morgan fingerprint density at radius 3 is 2.40 bits per heavy atom. The lowest BCUT2D eigenvalue weighted by Crippen LogP contribution is -2.14. The number of aromatic nitrogens is 1. The molecule has 0 aliphatic rings. The molecule has 0 fully saturated rings. The van der Waals surface area contributed by atoms with Crippen molar-refractivity contribution in [2.45, 2.75) is 13.3 Å². The highest BCUT2D eigenvalue weighted by molar-refractivity contribution is 7.07. The lowest BCUT2D eigenvalue weighted by atomic mass is 10.1. The van der Waals surface area contributed by atoms with Crippen LogP contribution >= 0.6 is 22.9 Å². The van der Waals surface area contributed by atoms with Crippen molar-refractivity contribution in [3.05, 3.63) is 69.3 Å². The average Bonchev–Trinajstić information content (AvgIpc) is 3.04. The maximum Gasteiger partial charge on any atom is 0.205 e. The monoisotopic (exact) mass is 371 g/mol. The van der Waals surface area contributed by atoms with Crippen molar-refractivity contribution in [1.82, 2.24) is 4.68 Å². The standard InChI is InChI=1S/C19H18ClN3OS/c1-3-17(13-6-10-16(24)11-7-13)22-23-18(12-25-19(23)21-2)14-4-8-15(20)9-5-14/h4-12,24H,3H2,1-2H3. The van der Waals surface area contributed by atoms with Gasteiger partial charge in [0, 0.05) is 23.0 Å². The summed E-state index contributed by atoms with van der Waals surface area (Å²) >= 11 is 7.54. The summed E-state index contributed by atoms with van der Waals surface area (Å²) in [5, 5.41) is 17.1. The third-order valence-electron chi connectivity index (χ3n) is 3.77. The summed E-state index contributed by atoms with van der Waals surface area (Å²) in [5.74, 6) is 0.244. The van der Waals surface area contributed by atoms with E-state index in [4.69, 9.17) is 16.7 Å². The zero-order valence-corrected chi connectivity index (χ0v) is 15.6. The average molecular weight is 372 g/mol. The molecule has 0 atom stereocenters. The number of thiazole rings is 1. The second kappa shape index (κ2) is 7.68. The SMILES string of the molecule is CCC(=Nn1c(-c2ccc(Cl)cc2)csc1=NC)c1ccc(O)cc1. The molecule has 0 bridgehead atoms. The summed E-state index contributed by atoms with van der Waals surface area (Å²) in [4.78, 5) is 5.15. The largest absolute Gasteiger partial charge is 0.508 e. The number of rotatable bonds is 4. The third kappa shape index (κ3) is 3.83. The molecular formula is C19H18ClN3OS.